The minimum Gasteiger partial charge on any atom is -0.399 e. The Morgan fingerprint density at radius 1 is 0.821 bits per heavy atom. The van der Waals surface area contributed by atoms with Gasteiger partial charge < -0.3 is 9.31 Å². The van der Waals surface area contributed by atoms with Crippen LogP contribution >= 0.6 is 0 Å². The van der Waals surface area contributed by atoms with Crippen LogP contribution in [0.5, 0.6) is 0 Å². The second-order valence-corrected chi connectivity index (χ2v) is 12.1. The largest absolute Gasteiger partial charge is 0.494 e. The number of benzene rings is 1. The van der Waals surface area contributed by atoms with Crippen LogP contribution in [0.2, 0.25) is 0 Å². The Hall–Kier alpha value is -0.975. The number of piperazine rings is 1. The van der Waals surface area contributed by atoms with Crippen molar-refractivity contribution in [3.05, 3.63) is 24.3 Å². The molecule has 2 fully saturated rings. The highest BCUT2D eigenvalue weighted by atomic mass is 32.2. The Morgan fingerprint density at radius 3 is 1.68 bits per heavy atom. The first kappa shape index (κ1) is 21.7. The van der Waals surface area contributed by atoms with E-state index in [0.29, 0.717) is 0 Å². The molecule has 0 spiro atoms. The standard InChI is InChI=1S/C17H27BN2O6S2/c1-16(2)17(3,4)26-18(25-16)14-6-8-15(9-7-14)28(23,24)20-12-10-19(11-13-20)27(5,21)22/h6-9H,10-13H2,1-5H3. The smallest absolute Gasteiger partial charge is 0.399 e. The molecule has 0 aliphatic carbocycles. The van der Waals surface area contributed by atoms with Crippen LogP contribution in [0.1, 0.15) is 27.7 Å². The lowest BCUT2D eigenvalue weighted by Crippen LogP contribution is -2.50. The molecule has 2 aliphatic heterocycles. The lowest BCUT2D eigenvalue weighted by atomic mass is 9.79. The Balaban J connectivity index is 1.73. The molecule has 28 heavy (non-hydrogen) atoms. The molecule has 0 unspecified atom stereocenters. The maximum atomic E-state index is 12.9. The Labute approximate surface area is 168 Å². The second-order valence-electron chi connectivity index (χ2n) is 8.22. The van der Waals surface area contributed by atoms with Gasteiger partial charge in [-0.3, -0.25) is 0 Å². The molecule has 11 heteroatoms. The molecule has 1 aromatic rings. The van der Waals surface area contributed by atoms with E-state index in [1.54, 1.807) is 24.3 Å². The summed E-state index contributed by atoms with van der Waals surface area (Å²) in [7, 11) is -7.55. The normalized spacial score (nSPS) is 23.8. The molecule has 2 heterocycles. The molecular weight excluding hydrogens is 403 g/mol. The minimum atomic E-state index is -3.69. The van der Waals surface area contributed by atoms with Crippen molar-refractivity contribution in [3.8, 4) is 0 Å². The molecule has 0 bridgehead atoms. The molecule has 8 nitrogen and oxygen atoms in total. The van der Waals surface area contributed by atoms with Gasteiger partial charge in [-0.25, -0.2) is 16.8 Å². The first-order chi connectivity index (χ1) is 12.7. The highest BCUT2D eigenvalue weighted by Gasteiger charge is 2.51. The van der Waals surface area contributed by atoms with Crippen molar-refractivity contribution in [1.29, 1.82) is 0 Å². The minimum absolute atomic E-state index is 0.133. The SMILES string of the molecule is CC1(C)OB(c2ccc(S(=O)(=O)N3CCN(S(C)(=O)=O)CC3)cc2)OC1(C)C. The van der Waals surface area contributed by atoms with Gasteiger partial charge in [-0.2, -0.15) is 8.61 Å². The third-order valence-corrected chi connectivity index (χ3v) is 8.93. The highest BCUT2D eigenvalue weighted by Crippen LogP contribution is 2.36. The fourth-order valence-electron chi connectivity index (χ4n) is 3.17. The molecule has 2 saturated heterocycles. The summed E-state index contributed by atoms with van der Waals surface area (Å²) in [6.45, 7) is 8.42. The second kappa shape index (κ2) is 7.07. The van der Waals surface area contributed by atoms with Crippen molar-refractivity contribution in [1.82, 2.24) is 8.61 Å². The van der Waals surface area contributed by atoms with Crippen LogP contribution < -0.4 is 5.46 Å². The summed E-state index contributed by atoms with van der Waals surface area (Å²) >= 11 is 0. The quantitative estimate of drug-likeness (QED) is 0.636. The van der Waals surface area contributed by atoms with Gasteiger partial charge in [-0.15, -0.1) is 0 Å². The van der Waals surface area contributed by atoms with Crippen LogP contribution in [-0.2, 0) is 29.4 Å². The maximum Gasteiger partial charge on any atom is 0.494 e. The van der Waals surface area contributed by atoms with Gasteiger partial charge in [-0.05, 0) is 45.3 Å². The summed E-state index contributed by atoms with van der Waals surface area (Å²) in [4.78, 5) is 0.167. The molecule has 0 atom stereocenters. The van der Waals surface area contributed by atoms with E-state index in [-0.39, 0.29) is 31.1 Å². The van der Waals surface area contributed by atoms with E-state index in [9.17, 15) is 16.8 Å². The Morgan fingerprint density at radius 2 is 1.25 bits per heavy atom. The predicted molar refractivity (Wildman–Crippen MR) is 107 cm³/mol. The zero-order chi connectivity index (χ0) is 21.0. The molecule has 3 rings (SSSR count). The van der Waals surface area contributed by atoms with Gasteiger partial charge in [0.15, 0.2) is 0 Å². The van der Waals surface area contributed by atoms with Crippen LogP contribution in [0.4, 0.5) is 0 Å². The average Bonchev–Trinajstić information content (AvgIpc) is 2.82. The van der Waals surface area contributed by atoms with Crippen molar-refractivity contribution in [2.45, 2.75) is 43.8 Å². The number of sulfonamides is 2. The first-order valence-electron chi connectivity index (χ1n) is 9.15. The van der Waals surface area contributed by atoms with Crippen molar-refractivity contribution < 1.29 is 26.1 Å². The molecule has 0 amide bonds. The van der Waals surface area contributed by atoms with Gasteiger partial charge in [0.05, 0.1) is 22.4 Å². The fourth-order valence-corrected chi connectivity index (χ4v) is 5.42. The first-order valence-corrected chi connectivity index (χ1v) is 12.4. The van der Waals surface area contributed by atoms with E-state index in [1.165, 1.54) is 8.61 Å². The third-order valence-electron chi connectivity index (χ3n) is 5.71. The highest BCUT2D eigenvalue weighted by molar-refractivity contribution is 7.89. The van der Waals surface area contributed by atoms with Crippen LogP contribution in [-0.4, -0.2) is 76.2 Å². The number of rotatable bonds is 4. The zero-order valence-corrected chi connectivity index (χ0v) is 18.5. The van der Waals surface area contributed by atoms with E-state index in [1.807, 2.05) is 27.7 Å². The van der Waals surface area contributed by atoms with Crippen LogP contribution in [0.15, 0.2) is 29.2 Å². The summed E-state index contributed by atoms with van der Waals surface area (Å²) in [6.07, 6.45) is 1.13. The van der Waals surface area contributed by atoms with Gasteiger partial charge in [0.25, 0.3) is 0 Å². The summed E-state index contributed by atoms with van der Waals surface area (Å²) < 4.78 is 63.6. The Kier molecular flexibility index (Phi) is 5.48. The van der Waals surface area contributed by atoms with E-state index >= 15 is 0 Å². The zero-order valence-electron chi connectivity index (χ0n) is 16.9. The van der Waals surface area contributed by atoms with Gasteiger partial charge in [0.1, 0.15) is 0 Å². The topological polar surface area (TPSA) is 93.2 Å². The molecule has 0 saturated carbocycles. The van der Waals surface area contributed by atoms with Gasteiger partial charge in [0, 0.05) is 26.2 Å². The van der Waals surface area contributed by atoms with Crippen molar-refractivity contribution in [2.75, 3.05) is 32.4 Å². The van der Waals surface area contributed by atoms with Gasteiger partial charge >= 0.3 is 7.12 Å². The third kappa shape index (κ3) is 4.01. The molecule has 1 aromatic carbocycles. The monoisotopic (exact) mass is 430 g/mol. The lowest BCUT2D eigenvalue weighted by molar-refractivity contribution is 0.00578. The number of hydrogen-bond donors (Lipinski definition) is 0. The average molecular weight is 430 g/mol. The van der Waals surface area contributed by atoms with E-state index in [0.717, 1.165) is 11.7 Å². The van der Waals surface area contributed by atoms with Crippen molar-refractivity contribution in [3.63, 3.8) is 0 Å². The molecule has 0 radical (unpaired) electrons. The maximum absolute atomic E-state index is 12.9. The molecule has 2 aliphatic rings. The molecule has 0 aromatic heterocycles. The molecule has 156 valence electrons. The summed E-state index contributed by atoms with van der Waals surface area (Å²) in [5.74, 6) is 0. The van der Waals surface area contributed by atoms with Crippen molar-refractivity contribution in [2.24, 2.45) is 0 Å². The van der Waals surface area contributed by atoms with Gasteiger partial charge in [-0.1, -0.05) is 12.1 Å². The fraction of sp³-hybridized carbons (Fsp3) is 0.647. The van der Waals surface area contributed by atoms with Crippen LogP contribution in [0, 0.1) is 0 Å². The predicted octanol–water partition coefficient (Wildman–Crippen LogP) is 0.252. The van der Waals surface area contributed by atoms with Crippen molar-refractivity contribution >= 4 is 32.6 Å². The number of hydrogen-bond acceptors (Lipinski definition) is 6. The molecular formula is C17H27BN2O6S2. The van der Waals surface area contributed by atoms with Gasteiger partial charge in [0.2, 0.25) is 20.0 Å². The molecule has 0 N–H and O–H groups in total. The van der Waals surface area contributed by atoms with E-state index in [2.05, 4.69) is 0 Å². The van der Waals surface area contributed by atoms with E-state index in [4.69, 9.17) is 9.31 Å². The summed E-state index contributed by atoms with van der Waals surface area (Å²) in [5.41, 5.74) is -0.192. The summed E-state index contributed by atoms with van der Waals surface area (Å²) in [6, 6.07) is 6.47. The lowest BCUT2D eigenvalue weighted by Gasteiger charge is -2.32. The van der Waals surface area contributed by atoms with E-state index < -0.39 is 38.4 Å². The van der Waals surface area contributed by atoms with Crippen LogP contribution in [0.25, 0.3) is 0 Å². The number of nitrogens with zero attached hydrogens (tertiary/aromatic N) is 2. The summed E-state index contributed by atoms with van der Waals surface area (Å²) in [5, 5.41) is 0. The Bertz CT molecular complexity index is 920. The van der Waals surface area contributed by atoms with Crippen LogP contribution in [0.3, 0.4) is 0 Å².